The summed E-state index contributed by atoms with van der Waals surface area (Å²) < 4.78 is 1.82. The first-order chi connectivity index (χ1) is 13.3. The van der Waals surface area contributed by atoms with Crippen molar-refractivity contribution < 1.29 is 19.8 Å². The minimum Gasteiger partial charge on any atom is -0.505 e. The van der Waals surface area contributed by atoms with Crippen molar-refractivity contribution >= 4 is 33.5 Å². The van der Waals surface area contributed by atoms with Gasteiger partial charge in [0.05, 0.1) is 12.1 Å². The Balaban J connectivity index is 1.87. The van der Waals surface area contributed by atoms with Crippen LogP contribution < -0.4 is 10.9 Å². The van der Waals surface area contributed by atoms with Crippen molar-refractivity contribution in [3.05, 3.63) is 80.7 Å². The number of anilines is 1. The molecule has 0 aliphatic carbocycles. The van der Waals surface area contributed by atoms with Crippen molar-refractivity contribution in [1.82, 2.24) is 9.78 Å². The molecule has 3 aromatic rings. The van der Waals surface area contributed by atoms with Gasteiger partial charge in [0, 0.05) is 16.2 Å². The molecule has 142 valence electrons. The number of aliphatic carboxylic acids is 1. The van der Waals surface area contributed by atoms with Gasteiger partial charge in [-0.15, -0.1) is 0 Å². The summed E-state index contributed by atoms with van der Waals surface area (Å²) in [7, 11) is 0. The van der Waals surface area contributed by atoms with E-state index >= 15 is 0 Å². The molecular weight excluding hydrogens is 430 g/mol. The molecule has 0 fully saturated rings. The van der Waals surface area contributed by atoms with Crippen LogP contribution >= 0.6 is 15.9 Å². The topological polar surface area (TPSA) is 122 Å². The molecule has 0 aliphatic heterocycles. The van der Waals surface area contributed by atoms with Crippen molar-refractivity contribution in [1.29, 1.82) is 0 Å². The van der Waals surface area contributed by atoms with Gasteiger partial charge in [-0.25, -0.2) is 0 Å². The smallest absolute Gasteiger partial charge is 0.307 e. The van der Waals surface area contributed by atoms with Gasteiger partial charge in [0.2, 0.25) is 0 Å². The second kappa shape index (κ2) is 8.05. The Morgan fingerprint density at radius 3 is 2.32 bits per heavy atom. The maximum atomic E-state index is 12.5. The summed E-state index contributed by atoms with van der Waals surface area (Å²) in [5, 5.41) is 25.3. The molecule has 0 radical (unpaired) electrons. The van der Waals surface area contributed by atoms with Crippen LogP contribution in [-0.2, 0) is 11.2 Å². The number of carbonyl (C=O) groups excluding carboxylic acids is 1. The molecule has 0 unspecified atom stereocenters. The van der Waals surface area contributed by atoms with Gasteiger partial charge in [0.25, 0.3) is 11.5 Å². The molecule has 9 heteroatoms. The van der Waals surface area contributed by atoms with Crippen molar-refractivity contribution in [3.8, 4) is 11.4 Å². The van der Waals surface area contributed by atoms with Crippen LogP contribution in [0.25, 0.3) is 5.69 Å². The number of carboxylic acids is 1. The highest BCUT2D eigenvalue weighted by Crippen LogP contribution is 2.17. The molecular formula is C19H14BrN3O5. The largest absolute Gasteiger partial charge is 0.505 e. The van der Waals surface area contributed by atoms with Crippen molar-refractivity contribution in [3.63, 3.8) is 0 Å². The van der Waals surface area contributed by atoms with E-state index in [1.54, 1.807) is 36.4 Å². The van der Waals surface area contributed by atoms with Crippen LogP contribution in [0.1, 0.15) is 16.1 Å². The van der Waals surface area contributed by atoms with Crippen LogP contribution in [0.4, 0.5) is 5.69 Å². The fourth-order valence-corrected chi connectivity index (χ4v) is 2.71. The Bertz CT molecular complexity index is 1090. The lowest BCUT2D eigenvalue weighted by atomic mass is 10.1. The van der Waals surface area contributed by atoms with Crippen LogP contribution in [0.5, 0.6) is 5.75 Å². The highest BCUT2D eigenvalue weighted by molar-refractivity contribution is 9.10. The van der Waals surface area contributed by atoms with Gasteiger partial charge < -0.3 is 15.5 Å². The maximum Gasteiger partial charge on any atom is 0.307 e. The van der Waals surface area contributed by atoms with Gasteiger partial charge in [-0.2, -0.15) is 9.78 Å². The molecule has 1 aromatic heterocycles. The molecule has 0 aliphatic rings. The molecule has 3 N–H and O–H groups in total. The molecule has 0 saturated heterocycles. The number of amides is 1. The van der Waals surface area contributed by atoms with Gasteiger partial charge in [-0.1, -0.05) is 28.1 Å². The summed E-state index contributed by atoms with van der Waals surface area (Å²) in [6.45, 7) is 0. The van der Waals surface area contributed by atoms with E-state index in [2.05, 4.69) is 26.3 Å². The molecule has 28 heavy (non-hydrogen) atoms. The number of nitrogens with one attached hydrogen (secondary N) is 1. The van der Waals surface area contributed by atoms with E-state index in [1.807, 2.05) is 0 Å². The molecule has 0 spiro atoms. The fourth-order valence-electron chi connectivity index (χ4n) is 2.45. The Kier molecular flexibility index (Phi) is 5.55. The summed E-state index contributed by atoms with van der Waals surface area (Å²) >= 11 is 3.30. The van der Waals surface area contributed by atoms with E-state index in [-0.39, 0.29) is 12.1 Å². The van der Waals surface area contributed by atoms with E-state index in [9.17, 15) is 19.5 Å². The van der Waals surface area contributed by atoms with Gasteiger partial charge >= 0.3 is 5.97 Å². The lowest BCUT2D eigenvalue weighted by Gasteiger charge is -2.10. The quantitative estimate of drug-likeness (QED) is 0.556. The third kappa shape index (κ3) is 4.44. The lowest BCUT2D eigenvalue weighted by molar-refractivity contribution is -0.136. The van der Waals surface area contributed by atoms with Crippen LogP contribution in [0.15, 0.2) is 63.9 Å². The van der Waals surface area contributed by atoms with Crippen LogP contribution in [-0.4, -0.2) is 31.9 Å². The monoisotopic (exact) mass is 443 g/mol. The number of aromatic nitrogens is 2. The normalized spacial score (nSPS) is 10.5. The summed E-state index contributed by atoms with van der Waals surface area (Å²) in [6, 6.07) is 13.8. The predicted octanol–water partition coefficient (Wildman–Crippen LogP) is 2.58. The highest BCUT2D eigenvalue weighted by Gasteiger charge is 2.17. The minimum absolute atomic E-state index is 0.130. The number of carboxylic acid groups (broad SMARTS) is 1. The molecule has 2 aromatic carbocycles. The van der Waals surface area contributed by atoms with E-state index < -0.39 is 23.2 Å². The molecule has 0 bridgehead atoms. The molecule has 8 nitrogen and oxygen atoms in total. The third-order valence-electron chi connectivity index (χ3n) is 3.76. The summed E-state index contributed by atoms with van der Waals surface area (Å²) in [6.07, 6.45) is -0.130. The van der Waals surface area contributed by atoms with Crippen molar-refractivity contribution in [2.45, 2.75) is 6.42 Å². The van der Waals surface area contributed by atoms with Crippen molar-refractivity contribution in [2.24, 2.45) is 0 Å². The van der Waals surface area contributed by atoms with E-state index in [0.29, 0.717) is 16.9 Å². The number of aromatic hydroxyl groups is 1. The first-order valence-electron chi connectivity index (χ1n) is 8.05. The van der Waals surface area contributed by atoms with E-state index in [0.717, 1.165) is 15.2 Å². The molecule has 0 saturated carbocycles. The Morgan fingerprint density at radius 2 is 1.71 bits per heavy atom. The fraction of sp³-hybridized carbons (Fsp3) is 0.0526. The van der Waals surface area contributed by atoms with Crippen LogP contribution in [0, 0.1) is 0 Å². The first-order valence-corrected chi connectivity index (χ1v) is 8.84. The summed E-state index contributed by atoms with van der Waals surface area (Å²) in [5.74, 6) is -2.21. The molecule has 0 atom stereocenters. The average Bonchev–Trinajstić information content (AvgIpc) is 2.64. The predicted molar refractivity (Wildman–Crippen MR) is 105 cm³/mol. The lowest BCUT2D eigenvalue weighted by Crippen LogP contribution is -2.25. The highest BCUT2D eigenvalue weighted by atomic mass is 79.9. The standard InChI is InChI=1S/C19H14BrN3O5/c20-12-3-7-14(8-4-12)23-16(25)10-15(24)18(22-23)19(28)21-13-5-1-11(2-6-13)9-17(26)27/h1-8,10,24H,9H2,(H,21,28)(H,26,27). The second-order valence-electron chi connectivity index (χ2n) is 5.83. The number of rotatable bonds is 5. The SMILES string of the molecule is O=C(O)Cc1ccc(NC(=O)c2nn(-c3ccc(Br)cc3)c(=O)cc2O)cc1. The number of hydrogen-bond acceptors (Lipinski definition) is 5. The maximum absolute atomic E-state index is 12.5. The number of hydrogen-bond donors (Lipinski definition) is 3. The van der Waals surface area contributed by atoms with Crippen molar-refractivity contribution in [2.75, 3.05) is 5.32 Å². The second-order valence-corrected chi connectivity index (χ2v) is 6.74. The Morgan fingerprint density at radius 1 is 1.07 bits per heavy atom. The molecule has 1 amide bonds. The zero-order valence-corrected chi connectivity index (χ0v) is 15.9. The third-order valence-corrected chi connectivity index (χ3v) is 4.29. The minimum atomic E-state index is -0.957. The van der Waals surface area contributed by atoms with E-state index in [1.165, 1.54) is 12.1 Å². The molecule has 3 rings (SSSR count). The zero-order valence-electron chi connectivity index (χ0n) is 14.3. The number of nitrogens with zero attached hydrogens (tertiary/aromatic N) is 2. The Labute approximate surface area is 167 Å². The summed E-state index contributed by atoms with van der Waals surface area (Å²) in [4.78, 5) is 35.3. The van der Waals surface area contributed by atoms with E-state index in [4.69, 9.17) is 5.11 Å². The van der Waals surface area contributed by atoms with Gasteiger partial charge in [0.15, 0.2) is 11.4 Å². The number of halogens is 1. The van der Waals surface area contributed by atoms with Gasteiger partial charge in [-0.3, -0.25) is 14.4 Å². The first kappa shape index (κ1) is 19.3. The number of benzene rings is 2. The van der Waals surface area contributed by atoms with Gasteiger partial charge in [-0.05, 0) is 42.0 Å². The Hall–Kier alpha value is -3.46. The van der Waals surface area contributed by atoms with Crippen LogP contribution in [0.3, 0.4) is 0 Å². The zero-order chi connectivity index (χ0) is 20.3. The van der Waals surface area contributed by atoms with Gasteiger partial charge in [0.1, 0.15) is 0 Å². The summed E-state index contributed by atoms with van der Waals surface area (Å²) in [5.41, 5.74) is 0.490. The average molecular weight is 444 g/mol. The molecule has 1 heterocycles. The van der Waals surface area contributed by atoms with Crippen LogP contribution in [0.2, 0.25) is 0 Å². The number of carbonyl (C=O) groups is 2.